The van der Waals surface area contributed by atoms with Gasteiger partial charge in [0.15, 0.2) is 0 Å². The summed E-state index contributed by atoms with van der Waals surface area (Å²) < 4.78 is 2.39. The van der Waals surface area contributed by atoms with Gasteiger partial charge in [0.25, 0.3) is 0 Å². The van der Waals surface area contributed by atoms with Gasteiger partial charge in [-0.05, 0) is 155 Å². The van der Waals surface area contributed by atoms with Crippen molar-refractivity contribution in [3.8, 4) is 61.3 Å². The molecule has 0 radical (unpaired) electrons. The van der Waals surface area contributed by atoms with Crippen molar-refractivity contribution in [1.82, 2.24) is 4.57 Å². The van der Waals surface area contributed by atoms with Gasteiger partial charge in [-0.2, -0.15) is 0 Å². The minimum atomic E-state index is 1.08. The average molecular weight is 941 g/mol. The maximum absolute atomic E-state index is 2.41. The molecule has 0 saturated heterocycles. The number of aromatic nitrogens is 1. The summed E-state index contributed by atoms with van der Waals surface area (Å²) >= 11 is 0. The molecule has 74 heavy (non-hydrogen) atoms. The third-order valence-corrected chi connectivity index (χ3v) is 15.0. The van der Waals surface area contributed by atoms with Crippen LogP contribution in [-0.4, -0.2) is 4.57 Å². The second-order valence-electron chi connectivity index (χ2n) is 19.2. The Morgan fingerprint density at radius 3 is 1.47 bits per heavy atom. The molecule has 0 spiro atoms. The Bertz CT molecular complexity index is 4380. The number of rotatable bonds is 9. The van der Waals surface area contributed by atoms with Crippen LogP contribution >= 0.6 is 0 Å². The minimum Gasteiger partial charge on any atom is -0.310 e. The van der Waals surface area contributed by atoms with Gasteiger partial charge in [-0.3, -0.25) is 0 Å². The topological polar surface area (TPSA) is 8.17 Å². The highest BCUT2D eigenvalue weighted by Crippen LogP contribution is 2.47. The van der Waals surface area contributed by atoms with Crippen molar-refractivity contribution in [1.29, 1.82) is 0 Å². The van der Waals surface area contributed by atoms with E-state index in [2.05, 4.69) is 301 Å². The molecule has 0 unspecified atom stereocenters. The van der Waals surface area contributed by atoms with Crippen molar-refractivity contribution in [2.24, 2.45) is 0 Å². The molecule has 1 heterocycles. The van der Waals surface area contributed by atoms with E-state index in [1.165, 1.54) is 104 Å². The Morgan fingerprint density at radius 2 is 0.743 bits per heavy atom. The largest absolute Gasteiger partial charge is 0.310 e. The van der Waals surface area contributed by atoms with E-state index in [1.807, 2.05) is 0 Å². The van der Waals surface area contributed by atoms with Crippen molar-refractivity contribution in [3.63, 3.8) is 0 Å². The van der Waals surface area contributed by atoms with Gasteiger partial charge < -0.3 is 9.47 Å². The first-order valence-corrected chi connectivity index (χ1v) is 25.5. The number of para-hydroxylation sites is 2. The fraction of sp³-hybridized carbons (Fsp3) is 0. The predicted molar refractivity (Wildman–Crippen MR) is 315 cm³/mol. The van der Waals surface area contributed by atoms with Crippen molar-refractivity contribution in [2.45, 2.75) is 0 Å². The molecule has 0 amide bonds. The Balaban J connectivity index is 0.907. The molecule has 2 nitrogen and oxygen atoms in total. The van der Waals surface area contributed by atoms with Crippen LogP contribution in [0.1, 0.15) is 0 Å². The summed E-state index contributed by atoms with van der Waals surface area (Å²) in [6.07, 6.45) is 0. The molecule has 13 aromatic carbocycles. The van der Waals surface area contributed by atoms with E-state index in [-0.39, 0.29) is 0 Å². The Kier molecular flexibility index (Phi) is 10.6. The van der Waals surface area contributed by atoms with Crippen LogP contribution in [0.15, 0.2) is 291 Å². The van der Waals surface area contributed by atoms with Crippen LogP contribution < -0.4 is 4.90 Å². The lowest BCUT2D eigenvalue weighted by atomic mass is 9.84. The molecule has 0 N–H and O–H groups in total. The first kappa shape index (κ1) is 43.1. The summed E-state index contributed by atoms with van der Waals surface area (Å²) in [6, 6.07) is 106. The van der Waals surface area contributed by atoms with Gasteiger partial charge in [0.1, 0.15) is 0 Å². The maximum Gasteiger partial charge on any atom is 0.0547 e. The zero-order valence-corrected chi connectivity index (χ0v) is 40.6. The normalized spacial score (nSPS) is 11.5. The third-order valence-electron chi connectivity index (χ3n) is 15.0. The van der Waals surface area contributed by atoms with Crippen molar-refractivity contribution >= 4 is 71.2 Å². The average Bonchev–Trinajstić information content (AvgIpc) is 3.83. The first-order chi connectivity index (χ1) is 36.7. The smallest absolute Gasteiger partial charge is 0.0547 e. The van der Waals surface area contributed by atoms with E-state index in [4.69, 9.17) is 0 Å². The van der Waals surface area contributed by atoms with Crippen LogP contribution in [0.2, 0.25) is 0 Å². The van der Waals surface area contributed by atoms with E-state index in [0.717, 1.165) is 28.3 Å². The van der Waals surface area contributed by atoms with Crippen molar-refractivity contribution < 1.29 is 0 Å². The number of hydrogen-bond donors (Lipinski definition) is 0. The molecule has 0 saturated carbocycles. The second-order valence-corrected chi connectivity index (χ2v) is 19.2. The van der Waals surface area contributed by atoms with E-state index in [9.17, 15) is 0 Å². The van der Waals surface area contributed by atoms with E-state index in [0.29, 0.717) is 0 Å². The SMILES string of the molecule is c1ccc(-c2c(-c3ccccc3)c3cc(-c4ccc(N(c5ccc(-c6cccc7c6c6ccccc6n7-c6ccccc6)cc5)c5cccc(-c6cccc7ccccc67)c5)cc4)ccc3c3ccccc23)cc1. The standard InChI is InChI=1S/C72H48N2/c1-4-20-52(21-5-1)70-65-31-13-12-30-63(65)64-46-41-54(48-67(64)71(70)53-22-6-2-7-23-53)49-37-42-57(43-38-49)73(59-28-16-25-55(47-59)61-33-17-24-50-19-10-11-29-60(50)61)58-44-39-51(40-45-58)62-34-18-36-69-72(62)66-32-14-15-35-68(66)74(69)56-26-8-3-9-27-56/h1-48H. The van der Waals surface area contributed by atoms with Crippen LogP contribution in [0.25, 0.3) is 115 Å². The summed E-state index contributed by atoms with van der Waals surface area (Å²) in [7, 11) is 0. The third kappa shape index (κ3) is 7.35. The molecule has 14 aromatic rings. The Labute approximate surface area is 430 Å². The fourth-order valence-electron chi connectivity index (χ4n) is 11.6. The molecular formula is C72H48N2. The quantitative estimate of drug-likeness (QED) is 0.131. The lowest BCUT2D eigenvalue weighted by Gasteiger charge is -2.26. The lowest BCUT2D eigenvalue weighted by Crippen LogP contribution is -2.10. The molecule has 0 atom stereocenters. The molecule has 1 aromatic heterocycles. The molecule has 0 aliphatic rings. The lowest BCUT2D eigenvalue weighted by molar-refractivity contribution is 1.18. The van der Waals surface area contributed by atoms with Gasteiger partial charge >= 0.3 is 0 Å². The number of hydrogen-bond acceptors (Lipinski definition) is 1. The summed E-state index contributed by atoms with van der Waals surface area (Å²) in [5.41, 5.74) is 18.8. The number of benzene rings is 13. The number of nitrogens with zero attached hydrogens (tertiary/aromatic N) is 2. The van der Waals surface area contributed by atoms with Crippen LogP contribution in [-0.2, 0) is 0 Å². The van der Waals surface area contributed by atoms with Gasteiger partial charge in [0.2, 0.25) is 0 Å². The highest BCUT2D eigenvalue weighted by atomic mass is 15.1. The van der Waals surface area contributed by atoms with Crippen molar-refractivity contribution in [2.75, 3.05) is 4.90 Å². The van der Waals surface area contributed by atoms with Crippen LogP contribution in [0.5, 0.6) is 0 Å². The molecule has 0 fully saturated rings. The summed E-state index contributed by atoms with van der Waals surface area (Å²) in [6.45, 7) is 0. The van der Waals surface area contributed by atoms with Gasteiger partial charge in [-0.1, -0.05) is 224 Å². The zero-order chi connectivity index (χ0) is 49.0. The predicted octanol–water partition coefficient (Wildman–Crippen LogP) is 20.0. The molecule has 0 bridgehead atoms. The zero-order valence-electron chi connectivity index (χ0n) is 40.6. The van der Waals surface area contributed by atoms with Gasteiger partial charge in [0, 0.05) is 33.5 Å². The summed E-state index contributed by atoms with van der Waals surface area (Å²) in [5.74, 6) is 0. The van der Waals surface area contributed by atoms with E-state index < -0.39 is 0 Å². The molecule has 346 valence electrons. The summed E-state index contributed by atoms with van der Waals surface area (Å²) in [4.78, 5) is 2.40. The summed E-state index contributed by atoms with van der Waals surface area (Å²) in [5, 5.41) is 9.97. The highest BCUT2D eigenvalue weighted by Gasteiger charge is 2.21. The van der Waals surface area contributed by atoms with Crippen LogP contribution in [0.3, 0.4) is 0 Å². The second kappa shape index (κ2) is 18.1. The van der Waals surface area contributed by atoms with E-state index >= 15 is 0 Å². The minimum absolute atomic E-state index is 1.08. The Morgan fingerprint density at radius 1 is 0.243 bits per heavy atom. The Hall–Kier alpha value is -9.76. The highest BCUT2D eigenvalue weighted by molar-refractivity contribution is 6.22. The molecule has 14 rings (SSSR count). The number of fused-ring (bicyclic) bond motifs is 7. The van der Waals surface area contributed by atoms with Gasteiger partial charge in [-0.25, -0.2) is 0 Å². The number of anilines is 3. The monoisotopic (exact) mass is 940 g/mol. The van der Waals surface area contributed by atoms with Gasteiger partial charge in [0.05, 0.1) is 11.0 Å². The van der Waals surface area contributed by atoms with Gasteiger partial charge in [-0.15, -0.1) is 0 Å². The maximum atomic E-state index is 2.41. The van der Waals surface area contributed by atoms with E-state index in [1.54, 1.807) is 0 Å². The van der Waals surface area contributed by atoms with Crippen LogP contribution in [0, 0.1) is 0 Å². The first-order valence-electron chi connectivity index (χ1n) is 25.5. The molecule has 0 aliphatic carbocycles. The molecule has 0 aliphatic heterocycles. The molecule has 2 heteroatoms. The van der Waals surface area contributed by atoms with Crippen molar-refractivity contribution in [3.05, 3.63) is 291 Å². The molecular weight excluding hydrogens is 893 g/mol. The fourth-order valence-corrected chi connectivity index (χ4v) is 11.6. The van der Waals surface area contributed by atoms with Crippen LogP contribution in [0.4, 0.5) is 17.1 Å².